The average Bonchev–Trinajstić information content (AvgIpc) is 2.97. The van der Waals surface area contributed by atoms with Crippen LogP contribution in [0.1, 0.15) is 21.5 Å². The molecule has 0 unspecified atom stereocenters. The fourth-order valence-corrected chi connectivity index (χ4v) is 2.21. The third kappa shape index (κ3) is 3.23. The standard InChI is InChI=1S/C18H17N3O/c1-14-7-9-15(10-8-14)13-21-17(11-12-19-21)20-18(22)16-5-3-2-4-6-16/h2-12H,13H2,1H3,(H,20,22). The first-order valence-corrected chi connectivity index (χ1v) is 7.16. The Morgan fingerprint density at radius 1 is 1.05 bits per heavy atom. The van der Waals surface area contributed by atoms with Gasteiger partial charge >= 0.3 is 0 Å². The Labute approximate surface area is 129 Å². The largest absolute Gasteiger partial charge is 0.307 e. The van der Waals surface area contributed by atoms with Crippen molar-refractivity contribution in [1.29, 1.82) is 0 Å². The highest BCUT2D eigenvalue weighted by Crippen LogP contribution is 2.12. The van der Waals surface area contributed by atoms with Crippen molar-refractivity contribution in [3.05, 3.63) is 83.6 Å². The van der Waals surface area contributed by atoms with Gasteiger partial charge in [0.1, 0.15) is 5.82 Å². The van der Waals surface area contributed by atoms with Gasteiger partial charge in [-0.25, -0.2) is 4.68 Å². The number of benzene rings is 2. The summed E-state index contributed by atoms with van der Waals surface area (Å²) in [6, 6.07) is 19.2. The molecular formula is C18H17N3O. The second-order valence-corrected chi connectivity index (χ2v) is 5.18. The van der Waals surface area contributed by atoms with E-state index in [0.717, 1.165) is 5.56 Å². The lowest BCUT2D eigenvalue weighted by Gasteiger charge is -2.09. The average molecular weight is 291 g/mol. The van der Waals surface area contributed by atoms with Crippen LogP contribution >= 0.6 is 0 Å². The molecule has 1 aromatic heterocycles. The molecule has 4 heteroatoms. The SMILES string of the molecule is Cc1ccc(Cn2nccc2NC(=O)c2ccccc2)cc1. The van der Waals surface area contributed by atoms with Gasteiger partial charge in [0.2, 0.25) is 0 Å². The van der Waals surface area contributed by atoms with Gasteiger partial charge in [0, 0.05) is 11.6 Å². The zero-order valence-electron chi connectivity index (χ0n) is 12.4. The normalized spacial score (nSPS) is 10.4. The lowest BCUT2D eigenvalue weighted by molar-refractivity contribution is 0.102. The summed E-state index contributed by atoms with van der Waals surface area (Å²) in [4.78, 5) is 12.2. The maximum Gasteiger partial charge on any atom is 0.256 e. The van der Waals surface area contributed by atoms with Gasteiger partial charge in [-0.05, 0) is 24.6 Å². The van der Waals surface area contributed by atoms with E-state index in [1.807, 2.05) is 18.2 Å². The van der Waals surface area contributed by atoms with Crippen molar-refractivity contribution in [3.8, 4) is 0 Å². The number of aryl methyl sites for hydroxylation is 1. The van der Waals surface area contributed by atoms with Crippen molar-refractivity contribution in [2.24, 2.45) is 0 Å². The smallest absolute Gasteiger partial charge is 0.256 e. The number of nitrogens with one attached hydrogen (secondary N) is 1. The van der Waals surface area contributed by atoms with E-state index in [2.05, 4.69) is 41.6 Å². The fourth-order valence-electron chi connectivity index (χ4n) is 2.21. The van der Waals surface area contributed by atoms with E-state index in [-0.39, 0.29) is 5.91 Å². The summed E-state index contributed by atoms with van der Waals surface area (Å²) < 4.78 is 1.78. The molecule has 22 heavy (non-hydrogen) atoms. The molecule has 0 saturated carbocycles. The van der Waals surface area contributed by atoms with Gasteiger partial charge in [-0.2, -0.15) is 5.10 Å². The van der Waals surface area contributed by atoms with Gasteiger partial charge in [0.05, 0.1) is 12.7 Å². The van der Waals surface area contributed by atoms with Gasteiger partial charge in [-0.1, -0.05) is 48.0 Å². The number of amides is 1. The van der Waals surface area contributed by atoms with E-state index < -0.39 is 0 Å². The number of anilines is 1. The van der Waals surface area contributed by atoms with Gasteiger partial charge in [-0.3, -0.25) is 4.79 Å². The highest BCUT2D eigenvalue weighted by Gasteiger charge is 2.09. The summed E-state index contributed by atoms with van der Waals surface area (Å²) in [6.45, 7) is 2.68. The molecule has 0 spiro atoms. The van der Waals surface area contributed by atoms with E-state index in [4.69, 9.17) is 0 Å². The van der Waals surface area contributed by atoms with Crippen LogP contribution in [0.5, 0.6) is 0 Å². The first-order valence-electron chi connectivity index (χ1n) is 7.16. The molecule has 3 rings (SSSR count). The minimum atomic E-state index is -0.133. The summed E-state index contributed by atoms with van der Waals surface area (Å²) in [5, 5.41) is 7.18. The Morgan fingerprint density at radius 3 is 2.50 bits per heavy atom. The van der Waals surface area contributed by atoms with Gasteiger partial charge < -0.3 is 5.32 Å². The molecule has 110 valence electrons. The highest BCUT2D eigenvalue weighted by atomic mass is 16.1. The Bertz CT molecular complexity index is 761. The molecule has 0 aliphatic rings. The molecule has 0 saturated heterocycles. The van der Waals surface area contributed by atoms with Crippen molar-refractivity contribution in [3.63, 3.8) is 0 Å². The fraction of sp³-hybridized carbons (Fsp3) is 0.111. The molecule has 0 aliphatic carbocycles. The second-order valence-electron chi connectivity index (χ2n) is 5.18. The minimum absolute atomic E-state index is 0.133. The molecule has 1 heterocycles. The van der Waals surface area contributed by atoms with Gasteiger partial charge in [0.15, 0.2) is 0 Å². The Morgan fingerprint density at radius 2 is 1.77 bits per heavy atom. The lowest BCUT2D eigenvalue weighted by Crippen LogP contribution is -2.16. The van der Waals surface area contributed by atoms with E-state index in [9.17, 15) is 4.79 Å². The molecule has 1 amide bonds. The van der Waals surface area contributed by atoms with Gasteiger partial charge in [0.25, 0.3) is 5.91 Å². The van der Waals surface area contributed by atoms with Crippen LogP contribution in [0, 0.1) is 6.92 Å². The van der Waals surface area contributed by atoms with Crippen molar-refractivity contribution in [2.75, 3.05) is 5.32 Å². The summed E-state index contributed by atoms with van der Waals surface area (Å²) in [6.07, 6.45) is 1.69. The number of aromatic nitrogens is 2. The molecule has 0 aliphatic heterocycles. The van der Waals surface area contributed by atoms with Crippen LogP contribution in [-0.2, 0) is 6.54 Å². The number of nitrogens with zero attached hydrogens (tertiary/aromatic N) is 2. The molecule has 0 bridgehead atoms. The first kappa shape index (κ1) is 14.1. The molecule has 0 atom stereocenters. The molecule has 1 N–H and O–H groups in total. The van der Waals surface area contributed by atoms with E-state index in [1.165, 1.54) is 5.56 Å². The highest BCUT2D eigenvalue weighted by molar-refractivity contribution is 6.03. The van der Waals surface area contributed by atoms with Crippen LogP contribution in [0.4, 0.5) is 5.82 Å². The molecule has 4 nitrogen and oxygen atoms in total. The quantitative estimate of drug-likeness (QED) is 0.800. The molecule has 2 aromatic carbocycles. The van der Waals surface area contributed by atoms with E-state index in [0.29, 0.717) is 17.9 Å². The molecule has 0 radical (unpaired) electrons. The van der Waals surface area contributed by atoms with Gasteiger partial charge in [-0.15, -0.1) is 0 Å². The Kier molecular flexibility index (Phi) is 4.01. The summed E-state index contributed by atoms with van der Waals surface area (Å²) in [7, 11) is 0. The minimum Gasteiger partial charge on any atom is -0.307 e. The summed E-state index contributed by atoms with van der Waals surface area (Å²) in [5.74, 6) is 0.556. The van der Waals surface area contributed by atoms with Crippen molar-refractivity contribution in [2.45, 2.75) is 13.5 Å². The third-order valence-corrected chi connectivity index (χ3v) is 3.45. The number of hydrogen-bond donors (Lipinski definition) is 1. The third-order valence-electron chi connectivity index (χ3n) is 3.45. The molecular weight excluding hydrogens is 274 g/mol. The van der Waals surface area contributed by atoms with E-state index >= 15 is 0 Å². The maximum absolute atomic E-state index is 12.2. The van der Waals surface area contributed by atoms with Crippen molar-refractivity contribution in [1.82, 2.24) is 9.78 Å². The van der Waals surface area contributed by atoms with Crippen LogP contribution in [-0.4, -0.2) is 15.7 Å². The Balaban J connectivity index is 1.75. The summed E-state index contributed by atoms with van der Waals surface area (Å²) >= 11 is 0. The van der Waals surface area contributed by atoms with Crippen LogP contribution in [0.25, 0.3) is 0 Å². The topological polar surface area (TPSA) is 46.9 Å². The Hall–Kier alpha value is -2.88. The number of carbonyl (C=O) groups excluding carboxylic acids is 1. The number of rotatable bonds is 4. The van der Waals surface area contributed by atoms with Crippen molar-refractivity contribution < 1.29 is 4.79 Å². The second kappa shape index (κ2) is 6.26. The maximum atomic E-state index is 12.2. The van der Waals surface area contributed by atoms with Crippen LogP contribution in [0.3, 0.4) is 0 Å². The molecule has 0 fully saturated rings. The first-order chi connectivity index (χ1) is 10.7. The monoisotopic (exact) mass is 291 g/mol. The zero-order chi connectivity index (χ0) is 15.4. The predicted molar refractivity (Wildman–Crippen MR) is 86.9 cm³/mol. The zero-order valence-corrected chi connectivity index (χ0v) is 12.4. The van der Waals surface area contributed by atoms with Crippen molar-refractivity contribution >= 4 is 11.7 Å². The van der Waals surface area contributed by atoms with Crippen LogP contribution in [0.2, 0.25) is 0 Å². The summed E-state index contributed by atoms with van der Waals surface area (Å²) in [5.41, 5.74) is 3.00. The predicted octanol–water partition coefficient (Wildman–Crippen LogP) is 3.49. The number of hydrogen-bond acceptors (Lipinski definition) is 2. The lowest BCUT2D eigenvalue weighted by atomic mass is 10.1. The molecule has 3 aromatic rings. The van der Waals surface area contributed by atoms with Crippen LogP contribution in [0.15, 0.2) is 66.9 Å². The van der Waals surface area contributed by atoms with Crippen LogP contribution < -0.4 is 5.32 Å². The van der Waals surface area contributed by atoms with E-state index in [1.54, 1.807) is 29.1 Å². The number of carbonyl (C=O) groups is 1.